The van der Waals surface area contributed by atoms with E-state index in [1.807, 2.05) is 42.5 Å². The number of aromatic nitrogens is 1. The topological polar surface area (TPSA) is 82.1 Å². The van der Waals surface area contributed by atoms with Gasteiger partial charge in [-0.2, -0.15) is 0 Å². The van der Waals surface area contributed by atoms with Crippen LogP contribution in [-0.2, 0) is 16.0 Å². The van der Waals surface area contributed by atoms with Crippen LogP contribution in [0.5, 0.6) is 0 Å². The molecule has 0 saturated heterocycles. The van der Waals surface area contributed by atoms with E-state index < -0.39 is 17.8 Å². The summed E-state index contributed by atoms with van der Waals surface area (Å²) in [6.07, 6.45) is 8.71. The Labute approximate surface area is 146 Å². The van der Waals surface area contributed by atoms with E-state index in [9.17, 15) is 14.7 Å². The lowest BCUT2D eigenvalue weighted by molar-refractivity contribution is -0.313. The zero-order valence-electron chi connectivity index (χ0n) is 13.7. The first-order chi connectivity index (χ1) is 12.1. The molecule has 3 rings (SSSR count). The molecule has 128 valence electrons. The number of pyridine rings is 1. The van der Waals surface area contributed by atoms with Crippen LogP contribution < -0.4 is 10.4 Å². The lowest BCUT2D eigenvalue weighted by atomic mass is 9.82. The van der Waals surface area contributed by atoms with E-state index in [1.165, 1.54) is 0 Å². The van der Waals surface area contributed by atoms with Gasteiger partial charge in [0.2, 0.25) is 5.91 Å². The summed E-state index contributed by atoms with van der Waals surface area (Å²) in [7, 11) is 0. The van der Waals surface area contributed by atoms with Crippen molar-refractivity contribution in [1.82, 2.24) is 4.98 Å². The van der Waals surface area contributed by atoms with Gasteiger partial charge in [0.1, 0.15) is 0 Å². The van der Waals surface area contributed by atoms with Crippen LogP contribution in [-0.4, -0.2) is 16.9 Å². The van der Waals surface area contributed by atoms with Crippen molar-refractivity contribution < 1.29 is 14.7 Å². The largest absolute Gasteiger partial charge is 0.550 e. The van der Waals surface area contributed by atoms with Crippen molar-refractivity contribution in [3.05, 3.63) is 72.1 Å². The fourth-order valence-corrected chi connectivity index (χ4v) is 3.04. The van der Waals surface area contributed by atoms with Gasteiger partial charge >= 0.3 is 0 Å². The third kappa shape index (κ3) is 4.32. The van der Waals surface area contributed by atoms with E-state index in [0.717, 1.165) is 17.5 Å². The SMILES string of the molecule is O=C([O-])[C@H]1CC=CC[C@@H]1C(=O)Nc1ccc(Cc2ccncc2)cc1. The maximum atomic E-state index is 12.4. The zero-order chi connectivity index (χ0) is 17.6. The van der Waals surface area contributed by atoms with Gasteiger partial charge in [0.25, 0.3) is 0 Å². The van der Waals surface area contributed by atoms with Crippen LogP contribution in [0, 0.1) is 11.8 Å². The minimum absolute atomic E-state index is 0.277. The van der Waals surface area contributed by atoms with Gasteiger partial charge in [-0.05, 0) is 54.7 Å². The molecule has 0 saturated carbocycles. The Balaban J connectivity index is 1.63. The van der Waals surface area contributed by atoms with Gasteiger partial charge in [0, 0.05) is 30.0 Å². The van der Waals surface area contributed by atoms with E-state index >= 15 is 0 Å². The molecule has 0 fully saturated rings. The van der Waals surface area contributed by atoms with Crippen LogP contribution in [0.4, 0.5) is 5.69 Å². The number of carbonyl (C=O) groups excluding carboxylic acids is 2. The average molecular weight is 335 g/mol. The second-order valence-corrected chi connectivity index (χ2v) is 6.19. The lowest BCUT2D eigenvalue weighted by Gasteiger charge is -2.28. The van der Waals surface area contributed by atoms with Gasteiger partial charge in [0.15, 0.2) is 0 Å². The molecule has 0 aliphatic heterocycles. The molecule has 1 aliphatic rings. The summed E-state index contributed by atoms with van der Waals surface area (Å²) in [5.74, 6) is -2.81. The Bertz CT molecular complexity index is 769. The van der Waals surface area contributed by atoms with Gasteiger partial charge in [-0.1, -0.05) is 24.3 Å². The van der Waals surface area contributed by atoms with E-state index in [0.29, 0.717) is 18.5 Å². The summed E-state index contributed by atoms with van der Waals surface area (Å²) in [6, 6.07) is 11.5. The van der Waals surface area contributed by atoms with Crippen molar-refractivity contribution in [2.24, 2.45) is 11.8 Å². The summed E-state index contributed by atoms with van der Waals surface area (Å²) < 4.78 is 0. The smallest absolute Gasteiger partial charge is 0.228 e. The molecule has 1 amide bonds. The van der Waals surface area contributed by atoms with Gasteiger partial charge in [0.05, 0.1) is 5.92 Å². The normalized spacial score (nSPS) is 19.4. The standard InChI is InChI=1S/C20H20N2O3/c23-19(17-3-1-2-4-18(17)20(24)25)22-16-7-5-14(6-8-16)13-15-9-11-21-12-10-15/h1-2,5-12,17-18H,3-4,13H2,(H,22,23)(H,24,25)/p-1/t17-,18-/m0/s1. The molecule has 1 aromatic heterocycles. The predicted octanol–water partition coefficient (Wildman–Crippen LogP) is 1.94. The first kappa shape index (κ1) is 16.9. The Kier molecular flexibility index (Phi) is 5.23. The molecular weight excluding hydrogens is 316 g/mol. The number of hydrogen-bond acceptors (Lipinski definition) is 4. The fourth-order valence-electron chi connectivity index (χ4n) is 3.04. The summed E-state index contributed by atoms with van der Waals surface area (Å²) in [4.78, 5) is 27.6. The third-order valence-corrected chi connectivity index (χ3v) is 4.45. The molecule has 1 aromatic carbocycles. The van der Waals surface area contributed by atoms with Crippen LogP contribution in [0.1, 0.15) is 24.0 Å². The molecule has 0 unspecified atom stereocenters. The second-order valence-electron chi connectivity index (χ2n) is 6.19. The van der Waals surface area contributed by atoms with Crippen molar-refractivity contribution in [2.75, 3.05) is 5.32 Å². The van der Waals surface area contributed by atoms with E-state index in [2.05, 4.69) is 10.3 Å². The van der Waals surface area contributed by atoms with Crippen LogP contribution in [0.2, 0.25) is 0 Å². The average Bonchev–Trinajstić information content (AvgIpc) is 2.64. The van der Waals surface area contributed by atoms with Gasteiger partial charge in [-0.25, -0.2) is 0 Å². The second kappa shape index (κ2) is 7.75. The highest BCUT2D eigenvalue weighted by atomic mass is 16.4. The third-order valence-electron chi connectivity index (χ3n) is 4.45. The number of rotatable bonds is 5. The molecule has 1 aliphatic carbocycles. The summed E-state index contributed by atoms with van der Waals surface area (Å²) in [6.45, 7) is 0. The molecule has 0 radical (unpaired) electrons. The zero-order valence-corrected chi connectivity index (χ0v) is 13.7. The lowest BCUT2D eigenvalue weighted by Crippen LogP contribution is -2.41. The molecule has 2 aromatic rings. The molecule has 5 heteroatoms. The van der Waals surface area contributed by atoms with Crippen LogP contribution in [0.3, 0.4) is 0 Å². The predicted molar refractivity (Wildman–Crippen MR) is 92.5 cm³/mol. The minimum Gasteiger partial charge on any atom is -0.550 e. The van der Waals surface area contributed by atoms with Gasteiger partial charge < -0.3 is 15.2 Å². The number of anilines is 1. The number of nitrogens with zero attached hydrogens (tertiary/aromatic N) is 1. The molecule has 2 atom stereocenters. The van der Waals surface area contributed by atoms with Crippen LogP contribution in [0.15, 0.2) is 60.9 Å². The minimum atomic E-state index is -1.17. The summed E-state index contributed by atoms with van der Waals surface area (Å²) >= 11 is 0. The highest BCUT2D eigenvalue weighted by Crippen LogP contribution is 2.26. The van der Waals surface area contributed by atoms with Crippen molar-refractivity contribution in [3.8, 4) is 0 Å². The first-order valence-corrected chi connectivity index (χ1v) is 8.28. The number of carboxylic acids is 1. The number of carboxylic acid groups (broad SMARTS) is 1. The molecule has 1 N–H and O–H groups in total. The number of aliphatic carboxylic acids is 1. The maximum absolute atomic E-state index is 12.4. The van der Waals surface area contributed by atoms with Crippen molar-refractivity contribution >= 4 is 17.6 Å². The van der Waals surface area contributed by atoms with Crippen molar-refractivity contribution in [3.63, 3.8) is 0 Å². The quantitative estimate of drug-likeness (QED) is 0.847. The number of amides is 1. The molecule has 1 heterocycles. The molecular formula is C20H19N2O3-. The maximum Gasteiger partial charge on any atom is 0.228 e. The monoisotopic (exact) mass is 335 g/mol. The Morgan fingerprint density at radius 2 is 1.56 bits per heavy atom. The van der Waals surface area contributed by atoms with Gasteiger partial charge in [-0.3, -0.25) is 9.78 Å². The number of benzene rings is 1. The van der Waals surface area contributed by atoms with Gasteiger partial charge in [-0.15, -0.1) is 0 Å². The first-order valence-electron chi connectivity index (χ1n) is 8.28. The van der Waals surface area contributed by atoms with Crippen LogP contribution >= 0.6 is 0 Å². The number of hydrogen-bond donors (Lipinski definition) is 1. The Morgan fingerprint density at radius 3 is 2.20 bits per heavy atom. The Morgan fingerprint density at radius 1 is 0.960 bits per heavy atom. The van der Waals surface area contributed by atoms with Crippen molar-refractivity contribution in [2.45, 2.75) is 19.3 Å². The summed E-state index contributed by atoms with van der Waals surface area (Å²) in [5, 5.41) is 14.0. The highest BCUT2D eigenvalue weighted by molar-refractivity contribution is 5.95. The molecule has 5 nitrogen and oxygen atoms in total. The number of carbonyl (C=O) groups is 2. The fraction of sp³-hybridized carbons (Fsp3) is 0.250. The molecule has 25 heavy (non-hydrogen) atoms. The van der Waals surface area contributed by atoms with E-state index in [-0.39, 0.29) is 5.91 Å². The number of nitrogens with one attached hydrogen (secondary N) is 1. The molecule has 0 spiro atoms. The summed E-state index contributed by atoms with van der Waals surface area (Å²) in [5.41, 5.74) is 2.95. The number of allylic oxidation sites excluding steroid dienone is 2. The Hall–Kier alpha value is -2.95. The van der Waals surface area contributed by atoms with E-state index in [1.54, 1.807) is 18.5 Å². The van der Waals surface area contributed by atoms with Crippen LogP contribution in [0.25, 0.3) is 0 Å². The van der Waals surface area contributed by atoms with E-state index in [4.69, 9.17) is 0 Å². The molecule has 0 bridgehead atoms. The van der Waals surface area contributed by atoms with Crippen molar-refractivity contribution in [1.29, 1.82) is 0 Å². The highest BCUT2D eigenvalue weighted by Gasteiger charge is 2.29.